The van der Waals surface area contributed by atoms with Crippen molar-refractivity contribution in [2.24, 2.45) is 0 Å². The van der Waals surface area contributed by atoms with Crippen molar-refractivity contribution in [1.29, 1.82) is 0 Å². The molecule has 0 unspecified atom stereocenters. The first-order valence-electron chi connectivity index (χ1n) is 5.11. The van der Waals surface area contributed by atoms with Crippen molar-refractivity contribution in [3.8, 4) is 11.3 Å². The molecule has 3 N–H and O–H groups in total. The highest BCUT2D eigenvalue weighted by molar-refractivity contribution is 5.61. The van der Waals surface area contributed by atoms with Crippen molar-refractivity contribution in [2.75, 3.05) is 12.3 Å². The number of aromatic nitrogens is 3. The van der Waals surface area contributed by atoms with Crippen LogP contribution in [0.3, 0.4) is 0 Å². The Kier molecular flexibility index (Phi) is 3.15. The summed E-state index contributed by atoms with van der Waals surface area (Å²) in [6.07, 6.45) is 3.27. The summed E-state index contributed by atoms with van der Waals surface area (Å²) in [6.45, 7) is -0.0336. The monoisotopic (exact) mass is 232 g/mol. The average molecular weight is 232 g/mol. The van der Waals surface area contributed by atoms with Crippen LogP contribution < -0.4 is 11.3 Å². The van der Waals surface area contributed by atoms with E-state index < -0.39 is 5.56 Å². The number of nitrogen functional groups attached to an aromatic ring is 1. The van der Waals surface area contributed by atoms with Gasteiger partial charge < -0.3 is 10.8 Å². The van der Waals surface area contributed by atoms with Crippen LogP contribution in [0.4, 0.5) is 5.69 Å². The van der Waals surface area contributed by atoms with E-state index in [1.807, 2.05) is 0 Å². The Hall–Kier alpha value is -2.21. The van der Waals surface area contributed by atoms with Gasteiger partial charge in [-0.3, -0.25) is 9.78 Å². The summed E-state index contributed by atoms with van der Waals surface area (Å²) >= 11 is 0. The van der Waals surface area contributed by atoms with Crippen LogP contribution in [0.1, 0.15) is 0 Å². The molecule has 6 heteroatoms. The fourth-order valence-electron chi connectivity index (χ4n) is 1.47. The number of aliphatic hydroxyl groups excluding tert-OH is 1. The molecule has 0 atom stereocenters. The van der Waals surface area contributed by atoms with Gasteiger partial charge in [0.1, 0.15) is 5.69 Å². The molecular weight excluding hydrogens is 220 g/mol. The maximum Gasteiger partial charge on any atom is 0.289 e. The Morgan fingerprint density at radius 3 is 2.71 bits per heavy atom. The van der Waals surface area contributed by atoms with Gasteiger partial charge in [-0.1, -0.05) is 0 Å². The standard InChI is InChI=1S/C11H12N4O2/c12-9-7-10(8-1-3-13-4-2-8)14-15(5-6-16)11(9)17/h1-4,7,16H,5-6,12H2. The summed E-state index contributed by atoms with van der Waals surface area (Å²) in [5.41, 5.74) is 6.74. The Morgan fingerprint density at radius 1 is 1.35 bits per heavy atom. The molecule has 88 valence electrons. The minimum atomic E-state index is -0.392. The van der Waals surface area contributed by atoms with Gasteiger partial charge >= 0.3 is 0 Å². The zero-order valence-corrected chi connectivity index (χ0v) is 9.08. The number of aliphatic hydroxyl groups is 1. The van der Waals surface area contributed by atoms with Gasteiger partial charge in [0.15, 0.2) is 0 Å². The lowest BCUT2D eigenvalue weighted by Crippen LogP contribution is -2.27. The molecule has 2 rings (SSSR count). The molecule has 0 saturated carbocycles. The zero-order chi connectivity index (χ0) is 12.3. The predicted molar refractivity (Wildman–Crippen MR) is 63.2 cm³/mol. The van der Waals surface area contributed by atoms with Crippen molar-refractivity contribution in [2.45, 2.75) is 6.54 Å². The maximum absolute atomic E-state index is 11.6. The molecular formula is C11H12N4O2. The van der Waals surface area contributed by atoms with Gasteiger partial charge in [-0.05, 0) is 18.2 Å². The second-order valence-electron chi connectivity index (χ2n) is 3.47. The Bertz CT molecular complexity index is 565. The van der Waals surface area contributed by atoms with Crippen molar-refractivity contribution in [3.05, 3.63) is 40.9 Å². The minimum absolute atomic E-state index is 0.111. The molecule has 0 saturated heterocycles. The summed E-state index contributed by atoms with van der Waals surface area (Å²) < 4.78 is 1.16. The van der Waals surface area contributed by atoms with E-state index in [1.165, 1.54) is 6.07 Å². The summed E-state index contributed by atoms with van der Waals surface area (Å²) in [5.74, 6) is 0. The molecule has 0 bridgehead atoms. The smallest absolute Gasteiger partial charge is 0.289 e. The summed E-state index contributed by atoms with van der Waals surface area (Å²) in [6, 6.07) is 5.07. The highest BCUT2D eigenvalue weighted by Gasteiger charge is 2.06. The molecule has 0 aromatic carbocycles. The fraction of sp³-hybridized carbons (Fsp3) is 0.182. The van der Waals surface area contributed by atoms with Gasteiger partial charge in [0, 0.05) is 18.0 Å². The third-order valence-corrected chi connectivity index (χ3v) is 2.29. The predicted octanol–water partition coefficient (Wildman–Crippen LogP) is -0.120. The summed E-state index contributed by atoms with van der Waals surface area (Å²) in [5, 5.41) is 13.0. The Labute approximate surface area is 97.4 Å². The van der Waals surface area contributed by atoms with E-state index in [0.29, 0.717) is 5.69 Å². The Balaban J connectivity index is 2.53. The molecule has 0 aliphatic carbocycles. The molecule has 0 aliphatic heterocycles. The van der Waals surface area contributed by atoms with Gasteiger partial charge in [0.05, 0.1) is 18.8 Å². The molecule has 2 heterocycles. The topological polar surface area (TPSA) is 94.0 Å². The van der Waals surface area contributed by atoms with Gasteiger partial charge in [-0.25, -0.2) is 4.68 Å². The van der Waals surface area contributed by atoms with Crippen molar-refractivity contribution in [1.82, 2.24) is 14.8 Å². The molecule has 0 amide bonds. The van der Waals surface area contributed by atoms with E-state index in [9.17, 15) is 4.79 Å². The first kappa shape index (κ1) is 11.3. The van der Waals surface area contributed by atoms with Crippen LogP contribution >= 0.6 is 0 Å². The second-order valence-corrected chi connectivity index (χ2v) is 3.47. The lowest BCUT2D eigenvalue weighted by atomic mass is 10.2. The van der Waals surface area contributed by atoms with Crippen LogP contribution in [0.15, 0.2) is 35.4 Å². The van der Waals surface area contributed by atoms with E-state index in [-0.39, 0.29) is 18.8 Å². The summed E-state index contributed by atoms with van der Waals surface area (Å²) in [7, 11) is 0. The van der Waals surface area contributed by atoms with Gasteiger partial charge in [-0.2, -0.15) is 5.10 Å². The number of anilines is 1. The van der Waals surface area contributed by atoms with Crippen LogP contribution in [0.2, 0.25) is 0 Å². The van der Waals surface area contributed by atoms with Crippen LogP contribution in [-0.2, 0) is 6.54 Å². The fourth-order valence-corrected chi connectivity index (χ4v) is 1.47. The number of nitrogens with zero attached hydrogens (tertiary/aromatic N) is 3. The maximum atomic E-state index is 11.6. The van der Waals surface area contributed by atoms with Gasteiger partial charge in [0.2, 0.25) is 0 Å². The first-order valence-corrected chi connectivity index (χ1v) is 5.11. The third-order valence-electron chi connectivity index (χ3n) is 2.29. The minimum Gasteiger partial charge on any atom is -0.394 e. The van der Waals surface area contributed by atoms with E-state index in [1.54, 1.807) is 24.5 Å². The molecule has 0 fully saturated rings. The summed E-state index contributed by atoms with van der Waals surface area (Å²) in [4.78, 5) is 15.5. The zero-order valence-electron chi connectivity index (χ0n) is 9.08. The molecule has 2 aromatic heterocycles. The third kappa shape index (κ3) is 2.31. The largest absolute Gasteiger partial charge is 0.394 e. The van der Waals surface area contributed by atoms with E-state index in [2.05, 4.69) is 10.1 Å². The molecule has 17 heavy (non-hydrogen) atoms. The molecule has 2 aromatic rings. The lowest BCUT2D eigenvalue weighted by Gasteiger charge is -2.07. The second kappa shape index (κ2) is 4.75. The van der Waals surface area contributed by atoms with Crippen molar-refractivity contribution < 1.29 is 5.11 Å². The van der Waals surface area contributed by atoms with E-state index in [0.717, 1.165) is 10.2 Å². The molecule has 0 aliphatic rings. The van der Waals surface area contributed by atoms with Crippen LogP contribution in [-0.4, -0.2) is 26.5 Å². The normalized spacial score (nSPS) is 10.4. The van der Waals surface area contributed by atoms with Gasteiger partial charge in [-0.15, -0.1) is 0 Å². The average Bonchev–Trinajstić information content (AvgIpc) is 2.36. The number of hydrogen-bond acceptors (Lipinski definition) is 5. The SMILES string of the molecule is Nc1cc(-c2ccncc2)nn(CCO)c1=O. The first-order chi connectivity index (χ1) is 8.22. The number of nitrogens with two attached hydrogens (primary N) is 1. The Morgan fingerprint density at radius 2 is 2.06 bits per heavy atom. The highest BCUT2D eigenvalue weighted by Crippen LogP contribution is 2.15. The molecule has 0 radical (unpaired) electrons. The van der Waals surface area contributed by atoms with Crippen molar-refractivity contribution >= 4 is 5.69 Å². The number of rotatable bonds is 3. The highest BCUT2D eigenvalue weighted by atomic mass is 16.3. The van der Waals surface area contributed by atoms with Crippen LogP contribution in [0.25, 0.3) is 11.3 Å². The van der Waals surface area contributed by atoms with E-state index >= 15 is 0 Å². The van der Waals surface area contributed by atoms with Crippen molar-refractivity contribution in [3.63, 3.8) is 0 Å². The lowest BCUT2D eigenvalue weighted by molar-refractivity contribution is 0.266. The molecule has 6 nitrogen and oxygen atoms in total. The quantitative estimate of drug-likeness (QED) is 0.769. The number of pyridine rings is 1. The molecule has 0 spiro atoms. The van der Waals surface area contributed by atoms with Crippen LogP contribution in [0, 0.1) is 0 Å². The van der Waals surface area contributed by atoms with Crippen LogP contribution in [0.5, 0.6) is 0 Å². The van der Waals surface area contributed by atoms with Gasteiger partial charge in [0.25, 0.3) is 5.56 Å². The number of hydrogen-bond donors (Lipinski definition) is 2. The van der Waals surface area contributed by atoms with E-state index in [4.69, 9.17) is 10.8 Å².